The Morgan fingerprint density at radius 2 is 1.88 bits per heavy atom. The second-order valence-corrected chi connectivity index (χ2v) is 4.95. The summed E-state index contributed by atoms with van der Waals surface area (Å²) in [5.74, 6) is -0.361. The van der Waals surface area contributed by atoms with Gasteiger partial charge in [-0.15, -0.1) is 0 Å². The Bertz CT molecular complexity index is 262. The predicted octanol–water partition coefficient (Wildman–Crippen LogP) is -0.0457. The number of amides is 2. The van der Waals surface area contributed by atoms with Crippen LogP contribution >= 0.6 is 0 Å². The summed E-state index contributed by atoms with van der Waals surface area (Å²) in [5, 5.41) is 2.95. The maximum Gasteiger partial charge on any atom is 0.236 e. The fourth-order valence-electron chi connectivity index (χ4n) is 0.982. The lowest BCUT2D eigenvalue weighted by molar-refractivity contribution is -0.131. The Labute approximate surface area is 97.4 Å². The van der Waals surface area contributed by atoms with Crippen LogP contribution in [0.1, 0.15) is 27.7 Å². The van der Waals surface area contributed by atoms with Crippen LogP contribution in [0.4, 0.5) is 0 Å². The number of carbonyl (C=O) groups is 2. The Morgan fingerprint density at radius 1 is 1.38 bits per heavy atom. The SMILES string of the molecule is CC(C)N(C)C(=O)CNCC(C)(C)C(N)=O. The first-order valence-electron chi connectivity index (χ1n) is 5.44. The van der Waals surface area contributed by atoms with Crippen molar-refractivity contribution in [3.05, 3.63) is 0 Å². The first-order valence-corrected chi connectivity index (χ1v) is 5.44. The highest BCUT2D eigenvalue weighted by Crippen LogP contribution is 2.11. The summed E-state index contributed by atoms with van der Waals surface area (Å²) >= 11 is 0. The van der Waals surface area contributed by atoms with Gasteiger partial charge in [0.1, 0.15) is 0 Å². The van der Waals surface area contributed by atoms with Crippen LogP contribution < -0.4 is 11.1 Å². The lowest BCUT2D eigenvalue weighted by Crippen LogP contribution is -2.45. The van der Waals surface area contributed by atoms with Crippen molar-refractivity contribution in [1.29, 1.82) is 0 Å². The number of nitrogens with zero attached hydrogens (tertiary/aromatic N) is 1. The Hall–Kier alpha value is -1.10. The maximum absolute atomic E-state index is 11.6. The van der Waals surface area contributed by atoms with E-state index in [9.17, 15) is 9.59 Å². The summed E-state index contributed by atoms with van der Waals surface area (Å²) in [6.45, 7) is 8.03. The molecule has 0 heterocycles. The molecule has 0 spiro atoms. The molecule has 16 heavy (non-hydrogen) atoms. The van der Waals surface area contributed by atoms with Gasteiger partial charge in [0.05, 0.1) is 12.0 Å². The van der Waals surface area contributed by atoms with E-state index in [-0.39, 0.29) is 24.4 Å². The Kier molecular flexibility index (Phi) is 5.44. The minimum atomic E-state index is -0.628. The number of rotatable bonds is 6. The minimum absolute atomic E-state index is 0.00951. The molecule has 0 aliphatic carbocycles. The van der Waals surface area contributed by atoms with E-state index in [1.165, 1.54) is 0 Å². The molecule has 0 saturated carbocycles. The normalized spacial score (nSPS) is 11.6. The van der Waals surface area contributed by atoms with Gasteiger partial charge in [0.15, 0.2) is 0 Å². The molecule has 0 aromatic heterocycles. The highest BCUT2D eigenvalue weighted by molar-refractivity contribution is 5.80. The van der Waals surface area contributed by atoms with Gasteiger partial charge in [-0.05, 0) is 27.7 Å². The number of nitrogens with two attached hydrogens (primary N) is 1. The molecule has 2 amide bonds. The standard InChI is InChI=1S/C11H23N3O2/c1-8(2)14(5)9(15)6-13-7-11(3,4)10(12)16/h8,13H,6-7H2,1-5H3,(H2,12,16). The second kappa shape index (κ2) is 5.84. The van der Waals surface area contributed by atoms with Crippen molar-refractivity contribution in [1.82, 2.24) is 10.2 Å². The van der Waals surface area contributed by atoms with E-state index in [2.05, 4.69) is 5.32 Å². The molecule has 94 valence electrons. The number of hydrogen-bond donors (Lipinski definition) is 2. The van der Waals surface area contributed by atoms with Crippen LogP contribution in [-0.4, -0.2) is 42.9 Å². The van der Waals surface area contributed by atoms with E-state index in [1.807, 2.05) is 13.8 Å². The second-order valence-electron chi connectivity index (χ2n) is 4.95. The van der Waals surface area contributed by atoms with Gasteiger partial charge in [-0.1, -0.05) is 0 Å². The highest BCUT2D eigenvalue weighted by Gasteiger charge is 2.24. The topological polar surface area (TPSA) is 75.4 Å². The van der Waals surface area contributed by atoms with E-state index in [0.717, 1.165) is 0 Å². The monoisotopic (exact) mass is 229 g/mol. The quantitative estimate of drug-likeness (QED) is 0.671. The summed E-state index contributed by atoms with van der Waals surface area (Å²) in [7, 11) is 1.76. The fraction of sp³-hybridized carbons (Fsp3) is 0.818. The molecular weight excluding hydrogens is 206 g/mol. The average Bonchev–Trinajstić information content (AvgIpc) is 2.15. The van der Waals surface area contributed by atoms with E-state index >= 15 is 0 Å². The van der Waals surface area contributed by atoms with Gasteiger partial charge in [0.2, 0.25) is 11.8 Å². The molecular formula is C11H23N3O2. The van der Waals surface area contributed by atoms with Gasteiger partial charge >= 0.3 is 0 Å². The van der Waals surface area contributed by atoms with Crippen molar-refractivity contribution in [3.63, 3.8) is 0 Å². The molecule has 0 unspecified atom stereocenters. The van der Waals surface area contributed by atoms with Gasteiger partial charge in [0.25, 0.3) is 0 Å². The lowest BCUT2D eigenvalue weighted by atomic mass is 9.93. The highest BCUT2D eigenvalue weighted by atomic mass is 16.2. The van der Waals surface area contributed by atoms with Crippen LogP contribution in [0.5, 0.6) is 0 Å². The predicted molar refractivity (Wildman–Crippen MR) is 63.8 cm³/mol. The van der Waals surface area contributed by atoms with Gasteiger partial charge in [0, 0.05) is 19.6 Å². The molecule has 0 bridgehead atoms. The van der Waals surface area contributed by atoms with Gasteiger partial charge in [-0.2, -0.15) is 0 Å². The molecule has 5 nitrogen and oxygen atoms in total. The van der Waals surface area contributed by atoms with Crippen LogP contribution in [0.15, 0.2) is 0 Å². The minimum Gasteiger partial charge on any atom is -0.369 e. The number of primary amides is 1. The third-order valence-electron chi connectivity index (χ3n) is 2.68. The first-order chi connectivity index (χ1) is 7.18. The zero-order chi connectivity index (χ0) is 12.9. The molecule has 0 aromatic rings. The van der Waals surface area contributed by atoms with Crippen LogP contribution in [0.2, 0.25) is 0 Å². The van der Waals surface area contributed by atoms with Crippen molar-refractivity contribution < 1.29 is 9.59 Å². The molecule has 0 radical (unpaired) electrons. The van der Waals surface area contributed by atoms with E-state index in [0.29, 0.717) is 6.54 Å². The van der Waals surface area contributed by atoms with Gasteiger partial charge in [-0.3, -0.25) is 9.59 Å². The molecule has 0 atom stereocenters. The zero-order valence-corrected chi connectivity index (χ0v) is 10.8. The summed E-state index contributed by atoms with van der Waals surface area (Å²) < 4.78 is 0. The summed E-state index contributed by atoms with van der Waals surface area (Å²) in [4.78, 5) is 24.3. The summed E-state index contributed by atoms with van der Waals surface area (Å²) in [6.07, 6.45) is 0. The molecule has 0 aliphatic rings. The van der Waals surface area contributed by atoms with Crippen molar-refractivity contribution in [3.8, 4) is 0 Å². The Balaban J connectivity index is 4.00. The van der Waals surface area contributed by atoms with Gasteiger partial charge < -0.3 is 16.0 Å². The summed E-state index contributed by atoms with van der Waals surface area (Å²) in [5.41, 5.74) is 4.59. The van der Waals surface area contributed by atoms with Crippen LogP contribution in [0.25, 0.3) is 0 Å². The van der Waals surface area contributed by atoms with E-state index in [4.69, 9.17) is 5.73 Å². The third-order valence-corrected chi connectivity index (χ3v) is 2.68. The van der Waals surface area contributed by atoms with E-state index in [1.54, 1.807) is 25.8 Å². The smallest absolute Gasteiger partial charge is 0.236 e. The molecule has 0 rings (SSSR count). The zero-order valence-electron chi connectivity index (χ0n) is 10.8. The molecule has 0 aromatic carbocycles. The number of hydrogen-bond acceptors (Lipinski definition) is 3. The molecule has 0 fully saturated rings. The van der Waals surface area contributed by atoms with Crippen LogP contribution in [0.3, 0.4) is 0 Å². The van der Waals surface area contributed by atoms with Crippen LogP contribution in [0, 0.1) is 5.41 Å². The first kappa shape index (κ1) is 14.9. The largest absolute Gasteiger partial charge is 0.369 e. The number of nitrogens with one attached hydrogen (secondary N) is 1. The number of likely N-dealkylation sites (N-methyl/N-ethyl adjacent to an activating group) is 1. The third kappa shape index (κ3) is 4.61. The van der Waals surface area contributed by atoms with Crippen molar-refractivity contribution >= 4 is 11.8 Å². The van der Waals surface area contributed by atoms with E-state index < -0.39 is 5.41 Å². The maximum atomic E-state index is 11.6. The Morgan fingerprint density at radius 3 is 2.25 bits per heavy atom. The lowest BCUT2D eigenvalue weighted by Gasteiger charge is -2.24. The van der Waals surface area contributed by atoms with Crippen LogP contribution in [-0.2, 0) is 9.59 Å². The summed E-state index contributed by atoms with van der Waals surface area (Å²) in [6, 6.07) is 0.179. The number of carbonyl (C=O) groups excluding carboxylic acids is 2. The van der Waals surface area contributed by atoms with Gasteiger partial charge in [-0.25, -0.2) is 0 Å². The molecule has 5 heteroatoms. The molecule has 0 saturated heterocycles. The van der Waals surface area contributed by atoms with Crippen molar-refractivity contribution in [2.75, 3.05) is 20.1 Å². The fourth-order valence-corrected chi connectivity index (χ4v) is 0.982. The van der Waals surface area contributed by atoms with Crippen molar-refractivity contribution in [2.45, 2.75) is 33.7 Å². The average molecular weight is 229 g/mol. The van der Waals surface area contributed by atoms with Crippen molar-refractivity contribution in [2.24, 2.45) is 11.1 Å². The molecule has 3 N–H and O–H groups in total. The molecule has 0 aliphatic heterocycles.